The first-order chi connectivity index (χ1) is 15.3. The molecule has 32 heavy (non-hydrogen) atoms. The monoisotopic (exact) mass is 460 g/mol. The van der Waals surface area contributed by atoms with Gasteiger partial charge in [0, 0.05) is 48.1 Å². The van der Waals surface area contributed by atoms with E-state index in [0.29, 0.717) is 37.1 Å². The molecule has 2 heterocycles. The molecule has 2 fully saturated rings. The maximum absolute atomic E-state index is 12.8. The van der Waals surface area contributed by atoms with Crippen molar-refractivity contribution in [3.63, 3.8) is 0 Å². The summed E-state index contributed by atoms with van der Waals surface area (Å²) in [6.45, 7) is 2.06. The van der Waals surface area contributed by atoms with Crippen LogP contribution in [0.1, 0.15) is 40.5 Å². The van der Waals surface area contributed by atoms with E-state index in [1.165, 1.54) is 12.1 Å². The van der Waals surface area contributed by atoms with Gasteiger partial charge in [-0.25, -0.2) is 9.97 Å². The minimum Gasteiger partial charge on any atom is -0.352 e. The zero-order chi connectivity index (χ0) is 22.5. The lowest BCUT2D eigenvalue weighted by Crippen LogP contribution is -2.49. The predicted molar refractivity (Wildman–Crippen MR) is 116 cm³/mol. The summed E-state index contributed by atoms with van der Waals surface area (Å²) in [5.41, 5.74) is 0.304. The average molecular weight is 461 g/mol. The second kappa shape index (κ2) is 7.92. The van der Waals surface area contributed by atoms with E-state index < -0.39 is 11.7 Å². The number of amides is 1. The highest BCUT2D eigenvalue weighted by Crippen LogP contribution is 2.40. The van der Waals surface area contributed by atoms with Crippen LogP contribution in [0.25, 0.3) is 10.9 Å². The molecule has 3 aromatic rings. The smallest absolute Gasteiger partial charge is 0.352 e. The molecule has 0 spiro atoms. The van der Waals surface area contributed by atoms with Gasteiger partial charge < -0.3 is 9.80 Å². The maximum atomic E-state index is 12.8. The fraction of sp³-hybridized carbons (Fsp3) is 0.348. The van der Waals surface area contributed by atoms with E-state index in [-0.39, 0.29) is 11.5 Å². The lowest BCUT2D eigenvalue weighted by Gasteiger charge is -2.36. The third-order valence-electron chi connectivity index (χ3n) is 5.92. The molecule has 1 aromatic heterocycles. The Morgan fingerprint density at radius 2 is 1.66 bits per heavy atom. The second-order valence-electron chi connectivity index (χ2n) is 8.20. The van der Waals surface area contributed by atoms with Crippen molar-refractivity contribution in [1.29, 1.82) is 0 Å². The number of aromatic nitrogens is 2. The molecule has 1 saturated heterocycles. The Morgan fingerprint density at radius 3 is 2.28 bits per heavy atom. The van der Waals surface area contributed by atoms with Crippen molar-refractivity contribution in [3.8, 4) is 0 Å². The van der Waals surface area contributed by atoms with Gasteiger partial charge in [-0.3, -0.25) is 4.79 Å². The van der Waals surface area contributed by atoms with Crippen LogP contribution in [0, 0.1) is 0 Å². The Hall–Kier alpha value is -2.87. The molecule has 0 unspecified atom stereocenters. The van der Waals surface area contributed by atoms with E-state index in [2.05, 4.69) is 4.90 Å². The zero-order valence-electron chi connectivity index (χ0n) is 17.1. The summed E-state index contributed by atoms with van der Waals surface area (Å²) in [6, 6.07) is 9.95. The standard InChI is InChI=1S/C23H20ClF3N4O/c24-17-7-8-18-19(13-17)28-20(14-1-2-14)29-21(18)30-9-11-31(12-10-30)22(32)15-3-5-16(6-4-15)23(25,26)27/h3-8,13-14H,1-2,9-12H2. The number of carbonyl (C=O) groups is 1. The quantitative estimate of drug-likeness (QED) is 0.543. The average Bonchev–Trinajstić information content (AvgIpc) is 3.63. The number of piperazine rings is 1. The van der Waals surface area contributed by atoms with Crippen molar-refractivity contribution in [3.05, 3.63) is 64.4 Å². The minimum absolute atomic E-state index is 0.254. The summed E-state index contributed by atoms with van der Waals surface area (Å²) in [5.74, 6) is 1.80. The van der Waals surface area contributed by atoms with Crippen LogP contribution in [0.5, 0.6) is 0 Å². The van der Waals surface area contributed by atoms with Gasteiger partial charge in [-0.1, -0.05) is 11.6 Å². The van der Waals surface area contributed by atoms with Gasteiger partial charge in [0.1, 0.15) is 11.6 Å². The number of benzene rings is 2. The van der Waals surface area contributed by atoms with Gasteiger partial charge in [-0.05, 0) is 55.3 Å². The molecule has 166 valence electrons. The summed E-state index contributed by atoms with van der Waals surface area (Å²) >= 11 is 6.17. The fourth-order valence-corrected chi connectivity index (χ4v) is 4.14. The van der Waals surface area contributed by atoms with Gasteiger partial charge in [0.25, 0.3) is 5.91 Å². The Morgan fingerprint density at radius 1 is 0.969 bits per heavy atom. The zero-order valence-corrected chi connectivity index (χ0v) is 17.8. The summed E-state index contributed by atoms with van der Waals surface area (Å²) < 4.78 is 38.3. The molecule has 9 heteroatoms. The molecule has 1 amide bonds. The van der Waals surface area contributed by atoms with E-state index in [0.717, 1.165) is 47.5 Å². The summed E-state index contributed by atoms with van der Waals surface area (Å²) in [4.78, 5) is 26.1. The summed E-state index contributed by atoms with van der Waals surface area (Å²) in [7, 11) is 0. The fourth-order valence-electron chi connectivity index (χ4n) is 3.97. The molecular weight excluding hydrogens is 441 g/mol. The molecule has 1 aliphatic heterocycles. The Labute approximate surface area is 187 Å². The van der Waals surface area contributed by atoms with Crippen LogP contribution in [0.15, 0.2) is 42.5 Å². The lowest BCUT2D eigenvalue weighted by molar-refractivity contribution is -0.137. The van der Waals surface area contributed by atoms with Gasteiger partial charge in [-0.15, -0.1) is 0 Å². The van der Waals surface area contributed by atoms with Gasteiger partial charge in [0.15, 0.2) is 0 Å². The first-order valence-corrected chi connectivity index (χ1v) is 10.9. The minimum atomic E-state index is -4.42. The molecule has 2 aliphatic rings. The Balaban J connectivity index is 1.33. The van der Waals surface area contributed by atoms with E-state index in [1.807, 2.05) is 18.2 Å². The highest BCUT2D eigenvalue weighted by molar-refractivity contribution is 6.31. The van der Waals surface area contributed by atoms with Crippen molar-refractivity contribution in [2.24, 2.45) is 0 Å². The SMILES string of the molecule is O=C(c1ccc(C(F)(F)F)cc1)N1CCN(c2nc(C3CC3)nc3cc(Cl)ccc23)CC1. The van der Waals surface area contributed by atoms with Crippen LogP contribution >= 0.6 is 11.6 Å². The van der Waals surface area contributed by atoms with E-state index >= 15 is 0 Å². The number of carbonyl (C=O) groups excluding carboxylic acids is 1. The lowest BCUT2D eigenvalue weighted by atomic mass is 10.1. The van der Waals surface area contributed by atoms with Crippen LogP contribution in [0.3, 0.4) is 0 Å². The molecule has 0 N–H and O–H groups in total. The third-order valence-corrected chi connectivity index (χ3v) is 6.16. The first-order valence-electron chi connectivity index (χ1n) is 10.5. The van der Waals surface area contributed by atoms with Crippen LogP contribution in [-0.4, -0.2) is 47.0 Å². The second-order valence-corrected chi connectivity index (χ2v) is 8.63. The number of fused-ring (bicyclic) bond motifs is 1. The van der Waals surface area contributed by atoms with Gasteiger partial charge in [-0.2, -0.15) is 13.2 Å². The highest BCUT2D eigenvalue weighted by Gasteiger charge is 2.32. The summed E-state index contributed by atoms with van der Waals surface area (Å²) in [6.07, 6.45) is -2.25. The summed E-state index contributed by atoms with van der Waals surface area (Å²) in [5, 5.41) is 1.54. The molecule has 0 atom stereocenters. The third kappa shape index (κ3) is 4.11. The predicted octanol–water partition coefficient (Wildman–Crippen LogP) is 5.14. The van der Waals surface area contributed by atoms with Crippen molar-refractivity contribution < 1.29 is 18.0 Å². The van der Waals surface area contributed by atoms with Gasteiger partial charge in [0.05, 0.1) is 11.1 Å². The molecule has 5 rings (SSSR count). The van der Waals surface area contributed by atoms with E-state index in [1.54, 1.807) is 4.90 Å². The number of anilines is 1. The number of alkyl halides is 3. The Kier molecular flexibility index (Phi) is 5.20. The maximum Gasteiger partial charge on any atom is 0.416 e. The molecule has 1 saturated carbocycles. The Bertz CT molecular complexity index is 1170. The highest BCUT2D eigenvalue weighted by atomic mass is 35.5. The van der Waals surface area contributed by atoms with Crippen LogP contribution in [0.2, 0.25) is 5.02 Å². The molecule has 2 aromatic carbocycles. The van der Waals surface area contributed by atoms with Crippen LogP contribution in [0.4, 0.5) is 19.0 Å². The van der Waals surface area contributed by atoms with Crippen molar-refractivity contribution in [2.45, 2.75) is 24.9 Å². The van der Waals surface area contributed by atoms with Crippen molar-refractivity contribution in [2.75, 3.05) is 31.1 Å². The normalized spacial score (nSPS) is 17.1. The topological polar surface area (TPSA) is 49.3 Å². The molecule has 0 bridgehead atoms. The molecule has 1 aliphatic carbocycles. The molecular formula is C23H20ClF3N4O. The van der Waals surface area contributed by atoms with Crippen molar-refractivity contribution in [1.82, 2.24) is 14.9 Å². The number of hydrogen-bond donors (Lipinski definition) is 0. The number of rotatable bonds is 3. The van der Waals surface area contributed by atoms with Gasteiger partial charge >= 0.3 is 6.18 Å². The van der Waals surface area contributed by atoms with Crippen LogP contribution < -0.4 is 4.90 Å². The molecule has 0 radical (unpaired) electrons. The number of halogens is 4. The largest absolute Gasteiger partial charge is 0.416 e. The van der Waals surface area contributed by atoms with Crippen LogP contribution in [-0.2, 0) is 6.18 Å². The first kappa shape index (κ1) is 21.0. The van der Waals surface area contributed by atoms with E-state index in [9.17, 15) is 18.0 Å². The number of nitrogens with zero attached hydrogens (tertiary/aromatic N) is 4. The van der Waals surface area contributed by atoms with Gasteiger partial charge in [0.2, 0.25) is 0 Å². The van der Waals surface area contributed by atoms with E-state index in [4.69, 9.17) is 21.6 Å². The number of hydrogen-bond acceptors (Lipinski definition) is 4. The molecule has 5 nitrogen and oxygen atoms in total. The van der Waals surface area contributed by atoms with Crippen molar-refractivity contribution >= 4 is 34.2 Å².